The number of benzene rings is 2. The fraction of sp³-hybridized carbons (Fsp3) is 0.174. The van der Waals surface area contributed by atoms with E-state index < -0.39 is 53.8 Å². The van der Waals surface area contributed by atoms with Gasteiger partial charge in [-0.05, 0) is 30.7 Å². The summed E-state index contributed by atoms with van der Waals surface area (Å²) in [7, 11) is -8.13. The fourth-order valence-electron chi connectivity index (χ4n) is 3.88. The summed E-state index contributed by atoms with van der Waals surface area (Å²) in [6.45, 7) is 1.33. The Kier molecular flexibility index (Phi) is 7.03. The third-order valence-corrected chi connectivity index (χ3v) is 8.79. The fourth-order valence-corrected chi connectivity index (χ4v) is 6.85. The zero-order valence-corrected chi connectivity index (χ0v) is 21.8. The Morgan fingerprint density at radius 2 is 1.67 bits per heavy atom. The van der Waals surface area contributed by atoms with Crippen LogP contribution in [0.25, 0.3) is 16.8 Å². The molecule has 2 aromatic heterocycles. The number of hydrogen-bond acceptors (Lipinski definition) is 7. The zero-order chi connectivity index (χ0) is 28.8. The molecule has 0 fully saturated rings. The number of amides is 1. The number of nitrogens with zero attached hydrogens (tertiary/aromatic N) is 2. The maximum atomic E-state index is 13.8. The summed E-state index contributed by atoms with van der Waals surface area (Å²) in [5, 5.41) is 4.70. The first-order valence-electron chi connectivity index (χ1n) is 10.9. The van der Waals surface area contributed by atoms with Crippen LogP contribution in [0.4, 0.5) is 24.5 Å². The molecular formula is C23H20F3N5O6S2. The van der Waals surface area contributed by atoms with Crippen molar-refractivity contribution in [2.75, 3.05) is 21.4 Å². The molecule has 11 nitrogen and oxygen atoms in total. The second kappa shape index (κ2) is 9.85. The van der Waals surface area contributed by atoms with Crippen LogP contribution >= 0.6 is 0 Å². The Morgan fingerprint density at radius 3 is 2.28 bits per heavy atom. The largest absolute Gasteiger partial charge is 0.435 e. The number of anilines is 2. The third-order valence-electron chi connectivity index (χ3n) is 5.29. The second-order valence-corrected chi connectivity index (χ2v) is 12.8. The molecule has 0 saturated heterocycles. The highest BCUT2D eigenvalue weighted by Gasteiger charge is 2.39. The summed E-state index contributed by atoms with van der Waals surface area (Å²) in [4.78, 5) is 28.9. The molecule has 206 valence electrons. The number of aryl methyl sites for hydroxylation is 1. The van der Waals surface area contributed by atoms with Crippen LogP contribution in [0.3, 0.4) is 0 Å². The maximum Gasteiger partial charge on any atom is 0.435 e. The van der Waals surface area contributed by atoms with E-state index in [0.29, 0.717) is 4.52 Å². The van der Waals surface area contributed by atoms with Crippen LogP contribution in [0.2, 0.25) is 0 Å². The van der Waals surface area contributed by atoms with Gasteiger partial charge in [0.1, 0.15) is 11.2 Å². The lowest BCUT2D eigenvalue weighted by Crippen LogP contribution is -2.29. The molecule has 0 atom stereocenters. The van der Waals surface area contributed by atoms with E-state index in [1.807, 2.05) is 0 Å². The smallest absolute Gasteiger partial charge is 0.342 e. The Morgan fingerprint density at radius 1 is 1.03 bits per heavy atom. The molecular weight excluding hydrogens is 563 g/mol. The van der Waals surface area contributed by atoms with E-state index in [1.54, 1.807) is 6.07 Å². The number of sulfonamides is 1. The van der Waals surface area contributed by atoms with Crippen molar-refractivity contribution in [3.05, 3.63) is 81.9 Å². The van der Waals surface area contributed by atoms with E-state index in [9.17, 15) is 39.6 Å². The summed E-state index contributed by atoms with van der Waals surface area (Å²) in [5.41, 5.74) is -3.51. The molecule has 4 rings (SSSR count). The van der Waals surface area contributed by atoms with E-state index in [-0.39, 0.29) is 33.8 Å². The van der Waals surface area contributed by atoms with Gasteiger partial charge in [0.05, 0.1) is 11.3 Å². The molecule has 0 saturated carbocycles. The summed E-state index contributed by atoms with van der Waals surface area (Å²) in [5.74, 6) is -1.00. The summed E-state index contributed by atoms with van der Waals surface area (Å²) in [6.07, 6.45) is -4.15. The van der Waals surface area contributed by atoms with Crippen molar-refractivity contribution in [1.29, 1.82) is 0 Å². The Hall–Kier alpha value is -4.18. The van der Waals surface area contributed by atoms with Gasteiger partial charge in [0, 0.05) is 17.6 Å². The molecule has 0 radical (unpaired) electrons. The van der Waals surface area contributed by atoms with Crippen molar-refractivity contribution in [3.63, 3.8) is 0 Å². The van der Waals surface area contributed by atoms with Gasteiger partial charge in [-0.3, -0.25) is 14.3 Å². The minimum Gasteiger partial charge on any atom is -0.342 e. The van der Waals surface area contributed by atoms with Crippen molar-refractivity contribution in [2.24, 2.45) is 0 Å². The van der Waals surface area contributed by atoms with Crippen molar-refractivity contribution < 1.29 is 34.8 Å². The van der Waals surface area contributed by atoms with Crippen molar-refractivity contribution in [3.8, 4) is 11.1 Å². The van der Waals surface area contributed by atoms with Gasteiger partial charge in [-0.25, -0.2) is 16.8 Å². The molecule has 1 amide bonds. The van der Waals surface area contributed by atoms with Crippen molar-refractivity contribution >= 4 is 42.8 Å². The number of fused-ring (bicyclic) bond motifs is 1. The average molecular weight is 584 g/mol. The second-order valence-electron chi connectivity index (χ2n) is 8.57. The standard InChI is InChI=1S/C23H20F3N5O6S2/c1-13-17(21(32)28-15-9-6-10-16(11-15)30-39(36,37)12-38(2,34)35)22(33)31-20(27-13)18(14-7-4-3-5-8-14)19(29-31)23(24,25)26/h3-11,27,30H,12H2,1-2H3,(H,28,32). The number of nitrogens with one attached hydrogen (secondary N) is 3. The predicted octanol–water partition coefficient (Wildman–Crippen LogP) is 3.01. The van der Waals surface area contributed by atoms with Gasteiger partial charge in [-0.15, -0.1) is 0 Å². The summed E-state index contributed by atoms with van der Waals surface area (Å²) in [6, 6.07) is 12.7. The van der Waals surface area contributed by atoms with Gasteiger partial charge in [0.25, 0.3) is 11.5 Å². The van der Waals surface area contributed by atoms with Crippen molar-refractivity contribution in [2.45, 2.75) is 13.1 Å². The van der Waals surface area contributed by atoms with Crippen LogP contribution in [-0.2, 0) is 26.0 Å². The number of rotatable bonds is 7. The van der Waals surface area contributed by atoms with Crippen LogP contribution < -0.4 is 15.6 Å². The highest BCUT2D eigenvalue weighted by molar-refractivity contribution is 8.08. The lowest BCUT2D eigenvalue weighted by atomic mass is 10.1. The first kappa shape index (κ1) is 27.8. The number of carbonyl (C=O) groups is 1. The van der Waals surface area contributed by atoms with E-state index in [1.165, 1.54) is 55.5 Å². The lowest BCUT2D eigenvalue weighted by molar-refractivity contribution is -0.140. The molecule has 0 aliphatic carbocycles. The number of H-pyrrole nitrogens is 1. The molecule has 3 N–H and O–H groups in total. The lowest BCUT2D eigenvalue weighted by Gasteiger charge is -2.11. The Balaban J connectivity index is 1.73. The summed E-state index contributed by atoms with van der Waals surface area (Å²) >= 11 is 0. The zero-order valence-electron chi connectivity index (χ0n) is 20.2. The number of hydrogen-bond donors (Lipinski definition) is 3. The minimum absolute atomic E-state index is 0.0138. The third kappa shape index (κ3) is 6.12. The van der Waals surface area contributed by atoms with Crippen LogP contribution in [0.5, 0.6) is 0 Å². The monoisotopic (exact) mass is 583 g/mol. The topological polar surface area (TPSA) is 160 Å². The molecule has 0 spiro atoms. The minimum atomic E-state index is -4.90. The van der Waals surface area contributed by atoms with Crippen LogP contribution in [0, 0.1) is 6.92 Å². The van der Waals surface area contributed by atoms with Crippen LogP contribution in [0.15, 0.2) is 59.4 Å². The first-order valence-corrected chi connectivity index (χ1v) is 14.6. The molecule has 0 bridgehead atoms. The van der Waals surface area contributed by atoms with Gasteiger partial charge >= 0.3 is 6.18 Å². The number of aromatic amines is 1. The molecule has 2 heterocycles. The molecule has 39 heavy (non-hydrogen) atoms. The van der Waals surface area contributed by atoms with Gasteiger partial charge < -0.3 is 10.3 Å². The van der Waals surface area contributed by atoms with Gasteiger partial charge in [-0.2, -0.15) is 22.8 Å². The highest BCUT2D eigenvalue weighted by Crippen LogP contribution is 2.38. The molecule has 0 aliphatic heterocycles. The van der Waals surface area contributed by atoms with Gasteiger partial charge in [0.2, 0.25) is 10.0 Å². The number of alkyl halides is 3. The van der Waals surface area contributed by atoms with Crippen LogP contribution in [0.1, 0.15) is 21.7 Å². The Bertz CT molecular complexity index is 1870. The molecule has 16 heteroatoms. The van der Waals surface area contributed by atoms with E-state index in [0.717, 1.165) is 6.26 Å². The van der Waals surface area contributed by atoms with Gasteiger partial charge in [-0.1, -0.05) is 36.4 Å². The average Bonchev–Trinajstić information content (AvgIpc) is 3.18. The van der Waals surface area contributed by atoms with E-state index >= 15 is 0 Å². The maximum absolute atomic E-state index is 13.8. The number of carbonyl (C=O) groups excluding carboxylic acids is 1. The number of sulfone groups is 1. The molecule has 4 aromatic rings. The number of halogens is 3. The highest BCUT2D eigenvalue weighted by atomic mass is 32.3. The normalized spacial score (nSPS) is 12.4. The van der Waals surface area contributed by atoms with Crippen molar-refractivity contribution in [1.82, 2.24) is 14.6 Å². The SMILES string of the molecule is Cc1[nH]c2c(-c3ccccc3)c(C(F)(F)F)nn2c(=O)c1C(=O)Nc1cccc(NS(=O)(=O)CS(C)(=O)=O)c1. The molecule has 0 aliphatic rings. The first-order chi connectivity index (χ1) is 18.1. The van der Waals surface area contributed by atoms with E-state index in [2.05, 4.69) is 20.1 Å². The number of aromatic nitrogens is 3. The molecule has 0 unspecified atom stereocenters. The van der Waals surface area contributed by atoms with Crippen LogP contribution in [-0.4, -0.2) is 48.7 Å². The summed E-state index contributed by atoms with van der Waals surface area (Å²) < 4.78 is 90.9. The van der Waals surface area contributed by atoms with E-state index in [4.69, 9.17) is 0 Å². The Labute approximate surface area is 219 Å². The predicted molar refractivity (Wildman–Crippen MR) is 138 cm³/mol. The van der Waals surface area contributed by atoms with Gasteiger partial charge in [0.15, 0.2) is 20.6 Å². The quantitative estimate of drug-likeness (QED) is 0.302. The molecule has 2 aromatic carbocycles.